The second-order valence-electron chi connectivity index (χ2n) is 7.89. The molecule has 0 saturated heterocycles. The van der Waals surface area contributed by atoms with Gasteiger partial charge in [-0.2, -0.15) is 31.3 Å². The summed E-state index contributed by atoms with van der Waals surface area (Å²) in [5, 5.41) is 3.44. The van der Waals surface area contributed by atoms with Gasteiger partial charge < -0.3 is 14.8 Å². The Morgan fingerprint density at radius 1 is 0.921 bits per heavy atom. The van der Waals surface area contributed by atoms with Gasteiger partial charge in [-0.25, -0.2) is 0 Å². The molecule has 0 radical (unpaired) electrons. The number of carbonyl (C=O) groups excluding carboxylic acids is 1. The molecule has 5 nitrogen and oxygen atoms in total. The molecule has 3 aromatic rings. The van der Waals surface area contributed by atoms with Gasteiger partial charge in [0.2, 0.25) is 0 Å². The molecule has 0 spiro atoms. The predicted octanol–water partition coefficient (Wildman–Crippen LogP) is 7.39. The van der Waals surface area contributed by atoms with E-state index in [1.807, 2.05) is 30.3 Å². The lowest BCUT2D eigenvalue weighted by Gasteiger charge is -2.17. The van der Waals surface area contributed by atoms with Gasteiger partial charge in [0.05, 0.1) is 23.1 Å². The molecule has 198 valence electrons. The maximum Gasteiger partial charge on any atom is 0.416 e. The quantitative estimate of drug-likeness (QED) is 0.255. The van der Waals surface area contributed by atoms with Gasteiger partial charge in [0.25, 0.3) is 5.91 Å². The Morgan fingerprint density at radius 3 is 2.32 bits per heavy atom. The molecule has 0 aliphatic carbocycles. The van der Waals surface area contributed by atoms with Crippen LogP contribution in [-0.4, -0.2) is 18.2 Å². The number of aliphatic imine (C=N–C) groups is 1. The first-order valence-electron chi connectivity index (χ1n) is 10.9. The highest BCUT2D eigenvalue weighted by molar-refractivity contribution is 8.18. The van der Waals surface area contributed by atoms with Crippen LogP contribution < -0.4 is 14.8 Å². The first-order chi connectivity index (χ1) is 17.9. The van der Waals surface area contributed by atoms with Crippen molar-refractivity contribution < 1.29 is 40.6 Å². The molecule has 0 aromatic heterocycles. The van der Waals surface area contributed by atoms with Crippen LogP contribution in [0.1, 0.15) is 22.3 Å². The number of alkyl halides is 6. The van der Waals surface area contributed by atoms with Gasteiger partial charge in [-0.1, -0.05) is 30.3 Å². The van der Waals surface area contributed by atoms with Crippen LogP contribution in [0.25, 0.3) is 6.08 Å². The smallest absolute Gasteiger partial charge is 0.416 e. The molecular formula is C26H18F6N2O3S. The number of halogens is 6. The zero-order valence-corrected chi connectivity index (χ0v) is 20.3. The third kappa shape index (κ3) is 6.49. The molecule has 1 heterocycles. The van der Waals surface area contributed by atoms with E-state index in [0.717, 1.165) is 23.5 Å². The van der Waals surface area contributed by atoms with Gasteiger partial charge in [0, 0.05) is 11.3 Å². The van der Waals surface area contributed by atoms with E-state index in [1.165, 1.54) is 19.2 Å². The van der Waals surface area contributed by atoms with Crippen molar-refractivity contribution in [3.8, 4) is 11.5 Å². The molecule has 12 heteroatoms. The maximum absolute atomic E-state index is 13.4. The van der Waals surface area contributed by atoms with Crippen molar-refractivity contribution in [3.63, 3.8) is 0 Å². The Hall–Kier alpha value is -3.93. The largest absolute Gasteiger partial charge is 0.493 e. The third-order valence-corrected chi connectivity index (χ3v) is 6.16. The lowest BCUT2D eigenvalue weighted by atomic mass is 10.0. The second-order valence-corrected chi connectivity index (χ2v) is 8.92. The summed E-state index contributed by atoms with van der Waals surface area (Å²) in [6.07, 6.45) is -8.36. The van der Waals surface area contributed by atoms with E-state index in [1.54, 1.807) is 12.1 Å². The van der Waals surface area contributed by atoms with Gasteiger partial charge in [0.1, 0.15) is 6.61 Å². The summed E-state index contributed by atoms with van der Waals surface area (Å²) >= 11 is 1.13. The molecule has 38 heavy (non-hydrogen) atoms. The molecule has 0 unspecified atom stereocenters. The Kier molecular flexibility index (Phi) is 7.72. The third-order valence-electron chi connectivity index (χ3n) is 5.26. The van der Waals surface area contributed by atoms with Crippen molar-refractivity contribution in [2.75, 3.05) is 12.4 Å². The van der Waals surface area contributed by atoms with Crippen molar-refractivity contribution >= 4 is 34.6 Å². The first kappa shape index (κ1) is 27.1. The second kappa shape index (κ2) is 10.8. The molecule has 0 atom stereocenters. The highest BCUT2D eigenvalue weighted by atomic mass is 32.2. The van der Waals surface area contributed by atoms with Crippen LogP contribution >= 0.6 is 11.8 Å². The monoisotopic (exact) mass is 552 g/mol. The number of hydrogen-bond acceptors (Lipinski definition) is 5. The van der Waals surface area contributed by atoms with Crippen molar-refractivity contribution in [1.29, 1.82) is 0 Å². The van der Waals surface area contributed by atoms with Crippen molar-refractivity contribution in [2.24, 2.45) is 4.99 Å². The summed E-state index contributed by atoms with van der Waals surface area (Å²) < 4.78 is 89.7. The number of rotatable bonds is 6. The number of anilines is 1. The summed E-state index contributed by atoms with van der Waals surface area (Å²) in [5.41, 5.74) is -2.02. The Morgan fingerprint density at radius 2 is 1.66 bits per heavy atom. The van der Waals surface area contributed by atoms with E-state index in [2.05, 4.69) is 10.3 Å². The van der Waals surface area contributed by atoms with Crippen LogP contribution in [0.3, 0.4) is 0 Å². The van der Waals surface area contributed by atoms with E-state index in [9.17, 15) is 31.1 Å². The first-order valence-corrected chi connectivity index (χ1v) is 11.7. The lowest BCUT2D eigenvalue weighted by molar-refractivity contribution is -0.143. The molecule has 3 aromatic carbocycles. The van der Waals surface area contributed by atoms with Gasteiger partial charge in [0.15, 0.2) is 16.7 Å². The number of para-hydroxylation sites is 1. The summed E-state index contributed by atoms with van der Waals surface area (Å²) in [6, 6.07) is 15.0. The minimum Gasteiger partial charge on any atom is -0.493 e. The van der Waals surface area contributed by atoms with Crippen LogP contribution in [0.15, 0.2) is 76.6 Å². The Bertz CT molecular complexity index is 1400. The van der Waals surface area contributed by atoms with E-state index in [0.29, 0.717) is 21.7 Å². The van der Waals surface area contributed by atoms with Crippen molar-refractivity contribution in [1.82, 2.24) is 0 Å². The van der Waals surface area contributed by atoms with Crippen molar-refractivity contribution in [3.05, 3.63) is 93.9 Å². The van der Waals surface area contributed by atoms with Crippen LogP contribution in [0.2, 0.25) is 0 Å². The van der Waals surface area contributed by atoms with Gasteiger partial charge in [-0.3, -0.25) is 4.79 Å². The summed E-state index contributed by atoms with van der Waals surface area (Å²) in [6.45, 7) is -0.652. The number of hydrogen-bond donors (Lipinski definition) is 1. The lowest BCUT2D eigenvalue weighted by Crippen LogP contribution is -2.14. The van der Waals surface area contributed by atoms with E-state index in [-0.39, 0.29) is 17.6 Å². The fourth-order valence-corrected chi connectivity index (χ4v) is 4.28. The SMILES string of the molecule is COc1cc(C=C2SC(Nc3ccccc3)=NC2=O)ccc1OCc1ccc(C(F)(F)F)cc1C(F)(F)F. The van der Waals surface area contributed by atoms with Crippen molar-refractivity contribution in [2.45, 2.75) is 19.0 Å². The minimum atomic E-state index is -5.01. The van der Waals surface area contributed by atoms with E-state index in [4.69, 9.17) is 9.47 Å². The molecule has 4 rings (SSSR count). The number of ether oxygens (including phenoxy) is 2. The van der Waals surface area contributed by atoms with E-state index >= 15 is 0 Å². The molecule has 0 fully saturated rings. The highest BCUT2D eigenvalue weighted by Crippen LogP contribution is 2.38. The van der Waals surface area contributed by atoms with Crippen LogP contribution in [0.5, 0.6) is 11.5 Å². The highest BCUT2D eigenvalue weighted by Gasteiger charge is 2.38. The standard InChI is InChI=1S/C26H18F6N2O3S/c1-36-21-11-15(12-22-23(35)34-24(38-22)33-18-5-3-2-4-6-18)7-10-20(21)37-14-16-8-9-17(25(27,28)29)13-19(16)26(30,31)32/h2-13H,14H2,1H3,(H,33,34,35). The number of nitrogens with one attached hydrogen (secondary N) is 1. The normalized spacial score (nSPS) is 15.0. The number of amidine groups is 1. The Balaban J connectivity index is 1.49. The molecule has 1 aliphatic heterocycles. The van der Waals surface area contributed by atoms with Crippen LogP contribution in [0, 0.1) is 0 Å². The molecular weight excluding hydrogens is 534 g/mol. The average Bonchev–Trinajstić information content (AvgIpc) is 3.20. The molecule has 1 aliphatic rings. The fraction of sp³-hybridized carbons (Fsp3) is 0.154. The topological polar surface area (TPSA) is 59.9 Å². The number of methoxy groups -OCH3 is 1. The average molecular weight is 552 g/mol. The maximum atomic E-state index is 13.4. The molecule has 1 N–H and O–H groups in total. The number of benzene rings is 3. The number of carbonyl (C=O) groups is 1. The zero-order valence-electron chi connectivity index (χ0n) is 19.5. The zero-order chi connectivity index (χ0) is 27.5. The minimum absolute atomic E-state index is 0.0600. The van der Waals surface area contributed by atoms with E-state index < -0.39 is 41.6 Å². The van der Waals surface area contributed by atoms with Gasteiger partial charge in [-0.15, -0.1) is 0 Å². The summed E-state index contributed by atoms with van der Waals surface area (Å²) in [4.78, 5) is 16.6. The number of amides is 1. The summed E-state index contributed by atoms with van der Waals surface area (Å²) in [5.74, 6) is -0.232. The summed E-state index contributed by atoms with van der Waals surface area (Å²) in [7, 11) is 1.32. The van der Waals surface area contributed by atoms with Gasteiger partial charge >= 0.3 is 12.4 Å². The molecule has 1 amide bonds. The molecule has 0 bridgehead atoms. The number of thioether (sulfide) groups is 1. The Labute approximate surface area is 217 Å². The predicted molar refractivity (Wildman–Crippen MR) is 132 cm³/mol. The molecule has 0 saturated carbocycles. The van der Waals surface area contributed by atoms with Crippen LogP contribution in [0.4, 0.5) is 32.0 Å². The van der Waals surface area contributed by atoms with Gasteiger partial charge in [-0.05, 0) is 59.8 Å². The fourth-order valence-electron chi connectivity index (χ4n) is 3.45. The van der Waals surface area contributed by atoms with Crippen LogP contribution in [-0.2, 0) is 23.8 Å². The number of nitrogens with zero attached hydrogens (tertiary/aromatic N) is 1.